The number of nitrogens with one attached hydrogen (secondary N) is 1. The molecule has 0 saturated heterocycles. The van der Waals surface area contributed by atoms with Gasteiger partial charge in [0.1, 0.15) is 0 Å². The third-order valence-corrected chi connectivity index (χ3v) is 7.20. The Hall–Kier alpha value is -2.83. The molecule has 0 saturated carbocycles. The predicted molar refractivity (Wildman–Crippen MR) is 118 cm³/mol. The van der Waals surface area contributed by atoms with Gasteiger partial charge in [0.05, 0.1) is 23.0 Å². The van der Waals surface area contributed by atoms with Gasteiger partial charge in [0.25, 0.3) is 15.9 Å². The normalized spacial score (nSPS) is 16.6. The molecule has 0 radical (unpaired) electrons. The summed E-state index contributed by atoms with van der Waals surface area (Å²) in [6.07, 6.45) is 0. The smallest absolute Gasteiger partial charge is 0.269 e. The number of nitrogens with zero attached hydrogens (tertiary/aromatic N) is 1. The van der Waals surface area contributed by atoms with E-state index in [-0.39, 0.29) is 17.0 Å². The minimum atomic E-state index is -4.06. The summed E-state index contributed by atoms with van der Waals surface area (Å²) in [7, 11) is -4.06. The maximum Gasteiger partial charge on any atom is 0.269 e. The van der Waals surface area contributed by atoms with Crippen LogP contribution in [0.15, 0.2) is 71.6 Å². The van der Waals surface area contributed by atoms with Crippen molar-refractivity contribution in [2.75, 3.05) is 11.9 Å². The lowest BCUT2D eigenvalue weighted by Gasteiger charge is -2.25. The summed E-state index contributed by atoms with van der Waals surface area (Å²) in [4.78, 5) is 13.4. The number of hydrogen-bond donors (Lipinski definition) is 1. The fraction of sp³-hybridized carbons (Fsp3) is 0.174. The van der Waals surface area contributed by atoms with Crippen molar-refractivity contribution in [2.45, 2.75) is 24.8 Å². The zero-order chi connectivity index (χ0) is 21.5. The van der Waals surface area contributed by atoms with E-state index >= 15 is 0 Å². The molecule has 154 valence electrons. The summed E-state index contributed by atoms with van der Waals surface area (Å²) in [5, 5.41) is 3.70. The van der Waals surface area contributed by atoms with Crippen molar-refractivity contribution in [1.29, 1.82) is 0 Å². The number of carbonyl (C=O) groups excluding carboxylic acids is 1. The van der Waals surface area contributed by atoms with Gasteiger partial charge in [0.15, 0.2) is 0 Å². The van der Waals surface area contributed by atoms with Crippen LogP contribution in [0.1, 0.15) is 33.1 Å². The van der Waals surface area contributed by atoms with E-state index in [0.29, 0.717) is 10.7 Å². The molecule has 0 spiro atoms. The number of rotatable bonds is 3. The van der Waals surface area contributed by atoms with Gasteiger partial charge in [0.2, 0.25) is 0 Å². The van der Waals surface area contributed by atoms with Crippen LogP contribution in [-0.4, -0.2) is 25.2 Å². The highest BCUT2D eigenvalue weighted by molar-refractivity contribution is 7.89. The first-order valence-corrected chi connectivity index (χ1v) is 11.3. The summed E-state index contributed by atoms with van der Waals surface area (Å²) in [5.74, 6) is -0.602. The molecule has 0 fully saturated rings. The van der Waals surface area contributed by atoms with Crippen LogP contribution >= 0.6 is 11.6 Å². The molecule has 7 heteroatoms. The number of aryl methyl sites for hydroxylation is 2. The third-order valence-electron chi connectivity index (χ3n) is 5.21. The second-order valence-corrected chi connectivity index (χ2v) is 9.75. The van der Waals surface area contributed by atoms with E-state index in [1.165, 1.54) is 18.2 Å². The highest BCUT2D eigenvalue weighted by Gasteiger charge is 2.36. The van der Waals surface area contributed by atoms with Crippen molar-refractivity contribution in [3.63, 3.8) is 0 Å². The van der Waals surface area contributed by atoms with Crippen LogP contribution in [-0.2, 0) is 10.0 Å². The summed E-state index contributed by atoms with van der Waals surface area (Å²) >= 11 is 6.11. The number of halogens is 1. The molecule has 1 aliphatic heterocycles. The van der Waals surface area contributed by atoms with Crippen LogP contribution < -0.4 is 5.32 Å². The van der Waals surface area contributed by atoms with Crippen molar-refractivity contribution < 1.29 is 13.2 Å². The van der Waals surface area contributed by atoms with Crippen molar-refractivity contribution in [3.8, 4) is 0 Å². The van der Waals surface area contributed by atoms with Crippen molar-refractivity contribution >= 4 is 33.2 Å². The van der Waals surface area contributed by atoms with Crippen LogP contribution in [0.2, 0.25) is 5.02 Å². The zero-order valence-corrected chi connectivity index (χ0v) is 18.2. The van der Waals surface area contributed by atoms with Gasteiger partial charge in [-0.25, -0.2) is 12.7 Å². The van der Waals surface area contributed by atoms with Crippen molar-refractivity contribution in [3.05, 3.63) is 94.0 Å². The Bertz CT molecular complexity index is 1210. The highest BCUT2D eigenvalue weighted by atomic mass is 35.5. The van der Waals surface area contributed by atoms with E-state index in [0.717, 1.165) is 21.0 Å². The SMILES string of the molecule is Cc1ccc(C2CN(S(=O)(=O)c3ccc(C)cc3)C(=O)c3cc(Cl)ccc3N2)cc1. The van der Waals surface area contributed by atoms with Crippen LogP contribution in [0, 0.1) is 13.8 Å². The predicted octanol–water partition coefficient (Wildman–Crippen LogP) is 4.95. The van der Waals surface area contributed by atoms with Gasteiger partial charge in [-0.05, 0) is 49.7 Å². The minimum absolute atomic E-state index is 0.0373. The molecule has 3 aromatic carbocycles. The molecule has 1 amide bonds. The summed E-state index contributed by atoms with van der Waals surface area (Å²) in [6.45, 7) is 3.83. The monoisotopic (exact) mass is 440 g/mol. The van der Waals surface area contributed by atoms with E-state index in [1.807, 2.05) is 38.1 Å². The zero-order valence-electron chi connectivity index (χ0n) is 16.6. The van der Waals surface area contributed by atoms with Gasteiger partial charge >= 0.3 is 0 Å². The molecule has 0 aliphatic carbocycles. The lowest BCUT2D eigenvalue weighted by molar-refractivity contribution is 0.0863. The average molecular weight is 441 g/mol. The van der Waals surface area contributed by atoms with Crippen LogP contribution in [0.25, 0.3) is 0 Å². The number of sulfonamides is 1. The van der Waals surface area contributed by atoms with E-state index < -0.39 is 22.0 Å². The first-order valence-electron chi connectivity index (χ1n) is 9.52. The van der Waals surface area contributed by atoms with Gasteiger partial charge in [0, 0.05) is 10.7 Å². The summed E-state index contributed by atoms with van der Waals surface area (Å²) < 4.78 is 27.8. The molecule has 1 unspecified atom stereocenters. The molecule has 1 heterocycles. The standard InChI is InChI=1S/C23H21ClN2O3S/c1-15-3-7-17(8-4-15)22-14-26(30(28,29)19-10-5-16(2)6-11-19)23(27)20-13-18(24)9-12-21(20)25-22/h3-13,22,25H,14H2,1-2H3. The Morgan fingerprint density at radius 2 is 1.53 bits per heavy atom. The van der Waals surface area contributed by atoms with Gasteiger partial charge in [-0.1, -0.05) is 59.1 Å². The second kappa shape index (κ2) is 7.78. The molecule has 1 aliphatic rings. The molecule has 0 bridgehead atoms. The van der Waals surface area contributed by atoms with Gasteiger partial charge < -0.3 is 5.32 Å². The Morgan fingerprint density at radius 1 is 0.933 bits per heavy atom. The minimum Gasteiger partial charge on any atom is -0.376 e. The van der Waals surface area contributed by atoms with Crippen LogP contribution in [0.3, 0.4) is 0 Å². The number of hydrogen-bond acceptors (Lipinski definition) is 4. The number of benzene rings is 3. The molecular weight excluding hydrogens is 420 g/mol. The quantitative estimate of drug-likeness (QED) is 0.625. The Kier molecular flexibility index (Phi) is 5.30. The van der Waals surface area contributed by atoms with Crippen molar-refractivity contribution in [1.82, 2.24) is 4.31 Å². The average Bonchev–Trinajstić information content (AvgIpc) is 2.86. The molecule has 4 rings (SSSR count). The van der Waals surface area contributed by atoms with Crippen LogP contribution in [0.5, 0.6) is 0 Å². The third kappa shape index (κ3) is 3.80. The van der Waals surface area contributed by atoms with E-state index in [1.54, 1.807) is 24.3 Å². The van der Waals surface area contributed by atoms with E-state index in [9.17, 15) is 13.2 Å². The molecule has 0 aromatic heterocycles. The molecule has 1 atom stereocenters. The Labute approximate surface area is 181 Å². The topological polar surface area (TPSA) is 66.5 Å². The highest BCUT2D eigenvalue weighted by Crippen LogP contribution is 2.33. The number of carbonyl (C=O) groups is 1. The fourth-order valence-electron chi connectivity index (χ4n) is 3.47. The van der Waals surface area contributed by atoms with Gasteiger partial charge in [-0.2, -0.15) is 0 Å². The maximum atomic E-state index is 13.4. The largest absolute Gasteiger partial charge is 0.376 e. The van der Waals surface area contributed by atoms with Crippen molar-refractivity contribution in [2.24, 2.45) is 0 Å². The van der Waals surface area contributed by atoms with Crippen LogP contribution in [0.4, 0.5) is 5.69 Å². The molecule has 30 heavy (non-hydrogen) atoms. The Morgan fingerprint density at radius 3 is 2.17 bits per heavy atom. The van der Waals surface area contributed by atoms with Gasteiger partial charge in [-0.15, -0.1) is 0 Å². The first kappa shape index (κ1) is 20.4. The molecule has 5 nitrogen and oxygen atoms in total. The number of anilines is 1. The first-order chi connectivity index (χ1) is 14.3. The molecular formula is C23H21ClN2O3S. The van der Waals surface area contributed by atoms with Gasteiger partial charge in [-0.3, -0.25) is 4.79 Å². The summed E-state index contributed by atoms with van der Waals surface area (Å²) in [6, 6.07) is 18.8. The summed E-state index contributed by atoms with van der Waals surface area (Å²) in [5.41, 5.74) is 3.71. The lowest BCUT2D eigenvalue weighted by Crippen LogP contribution is -2.39. The molecule has 3 aromatic rings. The lowest BCUT2D eigenvalue weighted by atomic mass is 10.0. The fourth-order valence-corrected chi connectivity index (χ4v) is 5.04. The second-order valence-electron chi connectivity index (χ2n) is 7.45. The molecule has 1 N–H and O–H groups in total. The number of fused-ring (bicyclic) bond motifs is 1. The van der Waals surface area contributed by atoms with E-state index in [4.69, 9.17) is 11.6 Å². The maximum absolute atomic E-state index is 13.4. The number of amides is 1. The van der Waals surface area contributed by atoms with E-state index in [2.05, 4.69) is 5.32 Å². The Balaban J connectivity index is 1.84.